The molecule has 2 unspecified atom stereocenters. The van der Waals surface area contributed by atoms with E-state index in [0.29, 0.717) is 17.6 Å². The number of anilines is 2. The molecule has 1 fully saturated rings. The Kier molecular flexibility index (Phi) is 6.42. The van der Waals surface area contributed by atoms with Crippen molar-refractivity contribution in [2.24, 2.45) is 0 Å². The second-order valence-electron chi connectivity index (χ2n) is 8.51. The average Bonchev–Trinajstić information content (AvgIpc) is 3.57. The van der Waals surface area contributed by atoms with E-state index in [4.69, 9.17) is 0 Å². The van der Waals surface area contributed by atoms with Crippen LogP contribution in [-0.4, -0.2) is 26.0 Å². The molecule has 3 aromatic carbocycles. The fourth-order valence-electron chi connectivity index (χ4n) is 3.98. The van der Waals surface area contributed by atoms with Crippen molar-refractivity contribution in [1.29, 1.82) is 0 Å². The summed E-state index contributed by atoms with van der Waals surface area (Å²) in [6, 6.07) is 20.6. The summed E-state index contributed by atoms with van der Waals surface area (Å²) in [6.45, 7) is 0.792. The molecule has 0 saturated heterocycles. The van der Waals surface area contributed by atoms with Gasteiger partial charge in [-0.05, 0) is 53.9 Å². The van der Waals surface area contributed by atoms with Crippen molar-refractivity contribution in [3.05, 3.63) is 95.1 Å². The van der Waals surface area contributed by atoms with Crippen LogP contribution in [0.15, 0.2) is 72.8 Å². The summed E-state index contributed by atoms with van der Waals surface area (Å²) in [5, 5.41) is 6.29. The normalized spacial score (nSPS) is 17.5. The van der Waals surface area contributed by atoms with Gasteiger partial charge in [0.05, 0.1) is 5.56 Å². The highest BCUT2D eigenvalue weighted by Crippen LogP contribution is 2.41. The summed E-state index contributed by atoms with van der Waals surface area (Å²) in [6.07, 6.45) is -3.44. The largest absolute Gasteiger partial charge is 0.416 e. The van der Waals surface area contributed by atoms with Crippen LogP contribution >= 0.6 is 0 Å². The first-order chi connectivity index (χ1) is 15.7. The molecular formula is C26H26F3N3O. The molecule has 1 amide bonds. The minimum Gasteiger partial charge on any atom is -0.377 e. The Balaban J connectivity index is 1.33. The minimum atomic E-state index is -4.48. The molecule has 7 heteroatoms. The van der Waals surface area contributed by atoms with Crippen LogP contribution in [0.3, 0.4) is 0 Å². The third-order valence-corrected chi connectivity index (χ3v) is 5.87. The van der Waals surface area contributed by atoms with Crippen LogP contribution in [0.1, 0.15) is 39.4 Å². The molecule has 2 atom stereocenters. The molecule has 4 nitrogen and oxygen atoms in total. The molecular weight excluding hydrogens is 427 g/mol. The van der Waals surface area contributed by atoms with E-state index in [9.17, 15) is 18.0 Å². The molecule has 0 heterocycles. The summed E-state index contributed by atoms with van der Waals surface area (Å²) >= 11 is 0. The standard InChI is InChI=1S/C26H26F3N3O/c1-32(2)24-9-4-3-6-19(24)16-30-23-15-22(23)17-10-12-21(13-11-17)31-25(33)18-7-5-8-20(14-18)26(27,28)29/h3-14,22-23,30H,15-16H2,1-2H3,(H,31,33). The Morgan fingerprint density at radius 3 is 2.42 bits per heavy atom. The summed E-state index contributed by atoms with van der Waals surface area (Å²) in [5.74, 6) is -0.163. The van der Waals surface area contributed by atoms with Crippen molar-refractivity contribution >= 4 is 17.3 Å². The van der Waals surface area contributed by atoms with Gasteiger partial charge in [-0.1, -0.05) is 36.4 Å². The second kappa shape index (κ2) is 9.27. The Morgan fingerprint density at radius 2 is 1.73 bits per heavy atom. The van der Waals surface area contributed by atoms with E-state index in [2.05, 4.69) is 27.7 Å². The van der Waals surface area contributed by atoms with Crippen LogP contribution in [0.5, 0.6) is 0 Å². The second-order valence-corrected chi connectivity index (χ2v) is 8.51. The van der Waals surface area contributed by atoms with Crippen molar-refractivity contribution in [2.75, 3.05) is 24.3 Å². The number of nitrogens with zero attached hydrogens (tertiary/aromatic N) is 1. The number of hydrogen-bond acceptors (Lipinski definition) is 3. The van der Waals surface area contributed by atoms with Gasteiger partial charge in [0, 0.05) is 49.5 Å². The Hall–Kier alpha value is -3.32. The van der Waals surface area contributed by atoms with Crippen LogP contribution in [0.25, 0.3) is 0 Å². The lowest BCUT2D eigenvalue weighted by Gasteiger charge is -2.17. The molecule has 1 aliphatic carbocycles. The van der Waals surface area contributed by atoms with E-state index in [1.807, 2.05) is 38.4 Å². The average molecular weight is 454 g/mol. The number of carbonyl (C=O) groups is 1. The number of nitrogens with one attached hydrogen (secondary N) is 2. The van der Waals surface area contributed by atoms with E-state index in [0.717, 1.165) is 25.1 Å². The summed E-state index contributed by atoms with van der Waals surface area (Å²) in [5.41, 5.74) is 3.30. The molecule has 0 aliphatic heterocycles. The number of rotatable bonds is 7. The molecule has 172 valence electrons. The van der Waals surface area contributed by atoms with E-state index in [-0.39, 0.29) is 5.56 Å². The molecule has 3 aromatic rings. The fraction of sp³-hybridized carbons (Fsp3) is 0.269. The fourth-order valence-corrected chi connectivity index (χ4v) is 3.98. The zero-order valence-electron chi connectivity index (χ0n) is 18.5. The number of carbonyl (C=O) groups excluding carboxylic acids is 1. The lowest BCUT2D eigenvalue weighted by molar-refractivity contribution is -0.137. The lowest BCUT2D eigenvalue weighted by Crippen LogP contribution is -2.20. The minimum absolute atomic E-state index is 0.0293. The maximum absolute atomic E-state index is 12.9. The molecule has 4 rings (SSSR count). The monoisotopic (exact) mass is 453 g/mol. The van der Waals surface area contributed by atoms with Crippen molar-refractivity contribution in [3.63, 3.8) is 0 Å². The predicted molar refractivity (Wildman–Crippen MR) is 125 cm³/mol. The highest BCUT2D eigenvalue weighted by molar-refractivity contribution is 6.04. The van der Waals surface area contributed by atoms with Crippen LogP contribution < -0.4 is 15.5 Å². The molecule has 1 saturated carbocycles. The number of alkyl halides is 3. The summed E-state index contributed by atoms with van der Waals surface area (Å²) in [7, 11) is 4.07. The van der Waals surface area contributed by atoms with E-state index >= 15 is 0 Å². The predicted octanol–water partition coefficient (Wildman–Crippen LogP) is 5.67. The van der Waals surface area contributed by atoms with Crippen molar-refractivity contribution in [3.8, 4) is 0 Å². The maximum Gasteiger partial charge on any atom is 0.416 e. The highest BCUT2D eigenvalue weighted by Gasteiger charge is 2.37. The SMILES string of the molecule is CN(C)c1ccccc1CNC1CC1c1ccc(NC(=O)c2cccc(C(F)(F)F)c2)cc1. The smallest absolute Gasteiger partial charge is 0.377 e. The Bertz CT molecular complexity index is 1130. The van der Waals surface area contributed by atoms with E-state index in [1.165, 1.54) is 28.9 Å². The van der Waals surface area contributed by atoms with Crippen LogP contribution in [0, 0.1) is 0 Å². The Labute approximate surface area is 191 Å². The van der Waals surface area contributed by atoms with Crippen molar-refractivity contribution in [2.45, 2.75) is 31.1 Å². The third-order valence-electron chi connectivity index (χ3n) is 5.87. The summed E-state index contributed by atoms with van der Waals surface area (Å²) < 4.78 is 38.6. The van der Waals surface area contributed by atoms with Gasteiger partial charge in [-0.15, -0.1) is 0 Å². The lowest BCUT2D eigenvalue weighted by atomic mass is 10.1. The Morgan fingerprint density at radius 1 is 1.00 bits per heavy atom. The van der Waals surface area contributed by atoms with Gasteiger partial charge in [-0.25, -0.2) is 0 Å². The van der Waals surface area contributed by atoms with Gasteiger partial charge in [0.2, 0.25) is 0 Å². The molecule has 0 aromatic heterocycles. The number of halogens is 3. The first-order valence-corrected chi connectivity index (χ1v) is 10.8. The van der Waals surface area contributed by atoms with Gasteiger partial charge in [0.1, 0.15) is 0 Å². The van der Waals surface area contributed by atoms with Crippen LogP contribution in [0.4, 0.5) is 24.5 Å². The molecule has 0 radical (unpaired) electrons. The van der Waals surface area contributed by atoms with Gasteiger partial charge in [-0.2, -0.15) is 13.2 Å². The topological polar surface area (TPSA) is 44.4 Å². The first-order valence-electron chi connectivity index (χ1n) is 10.8. The van der Waals surface area contributed by atoms with Gasteiger partial charge in [-0.3, -0.25) is 4.79 Å². The maximum atomic E-state index is 12.9. The van der Waals surface area contributed by atoms with E-state index < -0.39 is 17.6 Å². The molecule has 33 heavy (non-hydrogen) atoms. The molecule has 1 aliphatic rings. The van der Waals surface area contributed by atoms with Gasteiger partial charge >= 0.3 is 6.18 Å². The zero-order valence-corrected chi connectivity index (χ0v) is 18.5. The third kappa shape index (κ3) is 5.54. The number of para-hydroxylation sites is 1. The number of hydrogen-bond donors (Lipinski definition) is 2. The quantitative estimate of drug-likeness (QED) is 0.485. The molecule has 2 N–H and O–H groups in total. The molecule has 0 bridgehead atoms. The highest BCUT2D eigenvalue weighted by atomic mass is 19.4. The first kappa shape index (κ1) is 22.9. The molecule has 0 spiro atoms. The van der Waals surface area contributed by atoms with Crippen LogP contribution in [-0.2, 0) is 12.7 Å². The van der Waals surface area contributed by atoms with Gasteiger partial charge < -0.3 is 15.5 Å². The zero-order chi connectivity index (χ0) is 23.6. The summed E-state index contributed by atoms with van der Waals surface area (Å²) in [4.78, 5) is 14.5. The number of benzene rings is 3. The van der Waals surface area contributed by atoms with Crippen molar-refractivity contribution < 1.29 is 18.0 Å². The van der Waals surface area contributed by atoms with E-state index in [1.54, 1.807) is 12.1 Å². The van der Waals surface area contributed by atoms with Crippen molar-refractivity contribution in [1.82, 2.24) is 5.32 Å². The number of amides is 1. The van der Waals surface area contributed by atoms with Gasteiger partial charge in [0.25, 0.3) is 5.91 Å². The van der Waals surface area contributed by atoms with Crippen LogP contribution in [0.2, 0.25) is 0 Å². The van der Waals surface area contributed by atoms with Gasteiger partial charge in [0.15, 0.2) is 0 Å².